The fraction of sp³-hybridized carbons (Fsp3) is 0.500. The lowest BCUT2D eigenvalue weighted by atomic mass is 10.4. The number of ether oxygens (including phenoxy) is 1. The van der Waals surface area contributed by atoms with E-state index in [1.54, 1.807) is 0 Å². The van der Waals surface area contributed by atoms with Crippen LogP contribution in [0.1, 0.15) is 19.8 Å². The third-order valence-corrected chi connectivity index (χ3v) is 2.09. The molecule has 6 heteroatoms. The van der Waals surface area contributed by atoms with E-state index in [1.165, 1.54) is 6.92 Å². The van der Waals surface area contributed by atoms with Crippen molar-refractivity contribution in [3.63, 3.8) is 0 Å². The van der Waals surface area contributed by atoms with E-state index in [4.69, 9.17) is 0 Å². The predicted molar refractivity (Wildman–Crippen MR) is 51.8 cm³/mol. The smallest absolute Gasteiger partial charge is 0.333 e. The molecule has 1 rings (SSSR count). The second-order valence-electron chi connectivity index (χ2n) is 3.49. The van der Waals surface area contributed by atoms with Crippen LogP contribution in [0, 0.1) is 0 Å². The van der Waals surface area contributed by atoms with Gasteiger partial charge >= 0.3 is 5.97 Å². The summed E-state index contributed by atoms with van der Waals surface area (Å²) in [6, 6.07) is 0. The molecule has 1 heterocycles. The van der Waals surface area contributed by atoms with Crippen LogP contribution in [0.2, 0.25) is 0 Å². The number of imide groups is 1. The van der Waals surface area contributed by atoms with Gasteiger partial charge in [-0.1, -0.05) is 6.58 Å². The Labute approximate surface area is 91.9 Å². The molecule has 1 atom stereocenters. The number of hydrogen-bond acceptors (Lipinski definition) is 4. The van der Waals surface area contributed by atoms with E-state index in [0.717, 1.165) is 0 Å². The summed E-state index contributed by atoms with van der Waals surface area (Å²) in [6.07, 6.45) is -1.61. The van der Waals surface area contributed by atoms with Crippen LogP contribution >= 0.6 is 0 Å². The van der Waals surface area contributed by atoms with E-state index >= 15 is 0 Å². The Kier molecular flexibility index (Phi) is 3.76. The molecule has 5 nitrogen and oxygen atoms in total. The SMILES string of the molecule is C=C(C)C(=O)OCC(=O)N1C(=O)CCC1F. The molecule has 0 N–H and O–H groups in total. The van der Waals surface area contributed by atoms with Gasteiger partial charge in [0, 0.05) is 18.4 Å². The van der Waals surface area contributed by atoms with E-state index in [1.807, 2.05) is 0 Å². The van der Waals surface area contributed by atoms with Gasteiger partial charge in [-0.15, -0.1) is 0 Å². The molecule has 88 valence electrons. The number of halogens is 1. The van der Waals surface area contributed by atoms with Gasteiger partial charge in [-0.2, -0.15) is 0 Å². The van der Waals surface area contributed by atoms with Crippen LogP contribution < -0.4 is 0 Å². The molecule has 1 fully saturated rings. The minimum absolute atomic E-state index is 0.000986. The molecule has 0 saturated carbocycles. The van der Waals surface area contributed by atoms with Gasteiger partial charge in [-0.05, 0) is 6.92 Å². The fourth-order valence-corrected chi connectivity index (χ4v) is 1.26. The first-order valence-electron chi connectivity index (χ1n) is 4.75. The second-order valence-corrected chi connectivity index (χ2v) is 3.49. The minimum atomic E-state index is -1.61. The van der Waals surface area contributed by atoms with E-state index < -0.39 is 30.7 Å². The Bertz CT molecular complexity index is 353. The van der Waals surface area contributed by atoms with Crippen molar-refractivity contribution < 1.29 is 23.5 Å². The highest BCUT2D eigenvalue weighted by Crippen LogP contribution is 2.19. The lowest BCUT2D eigenvalue weighted by Crippen LogP contribution is -2.39. The van der Waals surface area contributed by atoms with Crippen LogP contribution in [0.5, 0.6) is 0 Å². The van der Waals surface area contributed by atoms with Gasteiger partial charge in [0.2, 0.25) is 5.91 Å². The summed E-state index contributed by atoms with van der Waals surface area (Å²) in [7, 11) is 0. The highest BCUT2D eigenvalue weighted by atomic mass is 19.1. The zero-order chi connectivity index (χ0) is 12.3. The van der Waals surface area contributed by atoms with Gasteiger partial charge in [0.15, 0.2) is 12.9 Å². The van der Waals surface area contributed by atoms with E-state index in [0.29, 0.717) is 4.90 Å². The zero-order valence-corrected chi connectivity index (χ0v) is 8.86. The molecule has 0 aromatic rings. The maximum Gasteiger partial charge on any atom is 0.333 e. The number of carbonyl (C=O) groups is 3. The van der Waals surface area contributed by atoms with Crippen LogP contribution in [0.3, 0.4) is 0 Å². The van der Waals surface area contributed by atoms with Crippen molar-refractivity contribution in [1.29, 1.82) is 0 Å². The lowest BCUT2D eigenvalue weighted by Gasteiger charge is -2.16. The third-order valence-electron chi connectivity index (χ3n) is 2.09. The van der Waals surface area contributed by atoms with Gasteiger partial charge in [0.25, 0.3) is 5.91 Å². The van der Waals surface area contributed by atoms with Crippen LogP contribution in [0.25, 0.3) is 0 Å². The van der Waals surface area contributed by atoms with Crippen molar-refractivity contribution in [2.24, 2.45) is 0 Å². The Morgan fingerprint density at radius 3 is 2.69 bits per heavy atom. The van der Waals surface area contributed by atoms with Gasteiger partial charge in [0.1, 0.15) is 0 Å². The highest BCUT2D eigenvalue weighted by molar-refractivity contribution is 5.98. The number of alkyl halides is 1. The number of rotatable bonds is 3. The molecule has 1 saturated heterocycles. The predicted octanol–water partition coefficient (Wildman–Crippen LogP) is 0.550. The standard InChI is InChI=1S/C10H12FNO4/c1-6(2)10(15)16-5-9(14)12-7(11)3-4-8(12)13/h7H,1,3-5H2,2H3. The number of amides is 2. The molecule has 0 radical (unpaired) electrons. The maximum atomic E-state index is 13.1. The van der Waals surface area contributed by atoms with Crippen molar-refractivity contribution in [3.05, 3.63) is 12.2 Å². The monoisotopic (exact) mass is 229 g/mol. The largest absolute Gasteiger partial charge is 0.452 e. The minimum Gasteiger partial charge on any atom is -0.452 e. The average Bonchev–Trinajstić information content (AvgIpc) is 2.54. The Balaban J connectivity index is 2.49. The summed E-state index contributed by atoms with van der Waals surface area (Å²) in [5, 5.41) is 0. The average molecular weight is 229 g/mol. The summed E-state index contributed by atoms with van der Waals surface area (Å²) < 4.78 is 17.6. The summed E-state index contributed by atoms with van der Waals surface area (Å²) in [5.41, 5.74) is 0.136. The van der Waals surface area contributed by atoms with E-state index in [2.05, 4.69) is 11.3 Å². The molecule has 0 aromatic carbocycles. The number of hydrogen-bond donors (Lipinski definition) is 0. The Hall–Kier alpha value is -1.72. The molecule has 1 aliphatic rings. The first kappa shape index (κ1) is 12.4. The molecule has 0 bridgehead atoms. The van der Waals surface area contributed by atoms with E-state index in [9.17, 15) is 18.8 Å². The fourth-order valence-electron chi connectivity index (χ4n) is 1.26. The van der Waals surface area contributed by atoms with Crippen LogP contribution in [-0.2, 0) is 19.1 Å². The third kappa shape index (κ3) is 2.65. The van der Waals surface area contributed by atoms with Crippen molar-refractivity contribution in [3.8, 4) is 0 Å². The zero-order valence-electron chi connectivity index (χ0n) is 8.86. The first-order valence-corrected chi connectivity index (χ1v) is 4.75. The lowest BCUT2D eigenvalue weighted by molar-refractivity contribution is -0.155. The van der Waals surface area contributed by atoms with E-state index in [-0.39, 0.29) is 18.4 Å². The first-order chi connectivity index (χ1) is 7.43. The number of esters is 1. The molecule has 1 aliphatic heterocycles. The van der Waals surface area contributed by atoms with Crippen LogP contribution in [0.4, 0.5) is 4.39 Å². The molecule has 0 aliphatic carbocycles. The summed E-state index contributed by atoms with van der Waals surface area (Å²) >= 11 is 0. The highest BCUT2D eigenvalue weighted by Gasteiger charge is 2.36. The van der Waals surface area contributed by atoms with Crippen molar-refractivity contribution in [2.45, 2.75) is 26.1 Å². The topological polar surface area (TPSA) is 63.7 Å². The summed E-state index contributed by atoms with van der Waals surface area (Å²) in [4.78, 5) is 33.9. The Morgan fingerprint density at radius 2 is 2.25 bits per heavy atom. The molecule has 2 amide bonds. The van der Waals surface area contributed by atoms with Gasteiger partial charge in [-0.3, -0.25) is 9.59 Å². The normalized spacial score (nSPS) is 19.8. The number of likely N-dealkylation sites (tertiary alicyclic amines) is 1. The van der Waals surface area contributed by atoms with Crippen LogP contribution in [0.15, 0.2) is 12.2 Å². The maximum absolute atomic E-state index is 13.1. The second kappa shape index (κ2) is 4.87. The molecule has 0 spiro atoms. The molecular formula is C10H12FNO4. The molecule has 0 aromatic heterocycles. The number of nitrogens with zero attached hydrogens (tertiary/aromatic N) is 1. The summed E-state index contributed by atoms with van der Waals surface area (Å²) in [5.74, 6) is -2.16. The van der Waals surface area contributed by atoms with Gasteiger partial charge in [-0.25, -0.2) is 14.1 Å². The van der Waals surface area contributed by atoms with Gasteiger partial charge in [0.05, 0.1) is 0 Å². The molecule has 1 unspecified atom stereocenters. The van der Waals surface area contributed by atoms with Gasteiger partial charge < -0.3 is 4.74 Å². The van der Waals surface area contributed by atoms with Crippen molar-refractivity contribution in [2.75, 3.05) is 6.61 Å². The molecular weight excluding hydrogens is 217 g/mol. The molecule has 16 heavy (non-hydrogen) atoms. The van der Waals surface area contributed by atoms with Crippen molar-refractivity contribution in [1.82, 2.24) is 4.90 Å². The summed E-state index contributed by atoms with van der Waals surface area (Å²) in [6.45, 7) is 4.10. The quantitative estimate of drug-likeness (QED) is 0.403. The van der Waals surface area contributed by atoms with Crippen molar-refractivity contribution >= 4 is 17.8 Å². The Morgan fingerprint density at radius 1 is 1.62 bits per heavy atom. The van der Waals surface area contributed by atoms with Crippen LogP contribution in [-0.4, -0.2) is 35.6 Å². The number of carbonyl (C=O) groups excluding carboxylic acids is 3.